The molecule has 3 N–H and O–H groups in total. The van der Waals surface area contributed by atoms with Crippen LogP contribution in [0.3, 0.4) is 0 Å². The fourth-order valence-corrected chi connectivity index (χ4v) is 3.75. The first kappa shape index (κ1) is 15.3. The van der Waals surface area contributed by atoms with Crippen LogP contribution in [0.15, 0.2) is 17.3 Å². The Bertz CT molecular complexity index is 762. The number of carbonyl (C=O) groups is 1. The molecule has 8 nitrogen and oxygen atoms in total. The Balaban J connectivity index is 2.42. The van der Waals surface area contributed by atoms with Crippen molar-refractivity contribution in [3.05, 3.63) is 34.9 Å². The number of aromatic carboxylic acids is 1. The quantitative estimate of drug-likeness (QED) is 0.757. The number of hydrogen-bond donors (Lipinski definition) is 3. The number of sulfonamides is 1. The Morgan fingerprint density at radius 2 is 2.10 bits per heavy atom. The largest absolute Gasteiger partial charge is 0.477 e. The zero-order valence-corrected chi connectivity index (χ0v) is 12.7. The minimum absolute atomic E-state index is 0.00546. The monoisotopic (exact) mass is 312 g/mol. The van der Waals surface area contributed by atoms with Crippen LogP contribution in [0.2, 0.25) is 0 Å². The molecule has 2 rings (SSSR count). The van der Waals surface area contributed by atoms with E-state index in [4.69, 9.17) is 5.11 Å². The molecule has 0 atom stereocenters. The average molecular weight is 312 g/mol. The molecule has 9 heteroatoms. The summed E-state index contributed by atoms with van der Waals surface area (Å²) >= 11 is 0. The van der Waals surface area contributed by atoms with Crippen molar-refractivity contribution < 1.29 is 18.3 Å². The van der Waals surface area contributed by atoms with Gasteiger partial charge in [-0.15, -0.1) is 0 Å². The van der Waals surface area contributed by atoms with Gasteiger partial charge in [0, 0.05) is 36.6 Å². The second-order valence-electron chi connectivity index (χ2n) is 4.75. The fraction of sp³-hybridized carbons (Fsp3) is 0.333. The zero-order valence-electron chi connectivity index (χ0n) is 11.8. The van der Waals surface area contributed by atoms with E-state index in [0.717, 1.165) is 4.31 Å². The number of nitrogens with one attached hydrogen (secondary N) is 2. The van der Waals surface area contributed by atoms with E-state index in [9.17, 15) is 13.2 Å². The number of carboxylic acid groups (broad SMARTS) is 1. The van der Waals surface area contributed by atoms with Gasteiger partial charge in [0.15, 0.2) is 0 Å². The molecule has 0 unspecified atom stereocenters. The number of hydrogen-bond acceptors (Lipinski definition) is 4. The third-order valence-electron chi connectivity index (χ3n) is 3.21. The van der Waals surface area contributed by atoms with Gasteiger partial charge in [-0.25, -0.2) is 13.2 Å². The van der Waals surface area contributed by atoms with Crippen molar-refractivity contribution in [1.82, 2.24) is 19.5 Å². The lowest BCUT2D eigenvalue weighted by atomic mass is 10.2. The predicted octanol–water partition coefficient (Wildman–Crippen LogP) is 0.874. The van der Waals surface area contributed by atoms with Crippen LogP contribution in [0, 0.1) is 13.8 Å². The van der Waals surface area contributed by atoms with Gasteiger partial charge in [-0.2, -0.15) is 9.40 Å². The standard InChI is InChI=1S/C12H16N4O4S/c1-7-10(12(17)18)15-8(2)11(7)21(19,20)16(3)6-9-4-13-14-5-9/h4-5,15H,6H2,1-3H3,(H,13,14)(H,17,18). The first-order chi connectivity index (χ1) is 9.75. The fourth-order valence-electron chi connectivity index (χ4n) is 2.20. The van der Waals surface area contributed by atoms with E-state index < -0.39 is 16.0 Å². The minimum atomic E-state index is -3.79. The van der Waals surface area contributed by atoms with Gasteiger partial charge in [0.05, 0.1) is 6.20 Å². The van der Waals surface area contributed by atoms with E-state index in [1.165, 1.54) is 27.1 Å². The van der Waals surface area contributed by atoms with E-state index in [1.807, 2.05) is 0 Å². The van der Waals surface area contributed by atoms with Gasteiger partial charge in [0.25, 0.3) is 0 Å². The van der Waals surface area contributed by atoms with Crippen LogP contribution < -0.4 is 0 Å². The van der Waals surface area contributed by atoms with E-state index in [-0.39, 0.29) is 22.7 Å². The summed E-state index contributed by atoms with van der Waals surface area (Å²) in [6, 6.07) is 0. The van der Waals surface area contributed by atoms with Crippen molar-refractivity contribution in [1.29, 1.82) is 0 Å². The van der Waals surface area contributed by atoms with Gasteiger partial charge >= 0.3 is 5.97 Å². The number of nitrogens with zero attached hydrogens (tertiary/aromatic N) is 2. The molecule has 0 amide bonds. The predicted molar refractivity (Wildman–Crippen MR) is 74.5 cm³/mol. The molecule has 2 aromatic heterocycles. The highest BCUT2D eigenvalue weighted by Crippen LogP contribution is 2.26. The number of aromatic nitrogens is 3. The molecule has 0 aliphatic heterocycles. The van der Waals surface area contributed by atoms with Crippen molar-refractivity contribution in [3.8, 4) is 0 Å². The lowest BCUT2D eigenvalue weighted by molar-refractivity contribution is 0.0690. The number of rotatable bonds is 5. The number of aromatic amines is 2. The molecule has 0 aromatic carbocycles. The second-order valence-corrected chi connectivity index (χ2v) is 6.73. The molecule has 0 bridgehead atoms. The Kier molecular flexibility index (Phi) is 3.88. The van der Waals surface area contributed by atoms with Gasteiger partial charge in [0.2, 0.25) is 10.0 Å². The van der Waals surface area contributed by atoms with Crippen LogP contribution in [-0.2, 0) is 16.6 Å². The molecule has 114 valence electrons. The minimum Gasteiger partial charge on any atom is -0.477 e. The van der Waals surface area contributed by atoms with Crippen LogP contribution in [0.5, 0.6) is 0 Å². The highest BCUT2D eigenvalue weighted by molar-refractivity contribution is 7.89. The van der Waals surface area contributed by atoms with E-state index >= 15 is 0 Å². The van der Waals surface area contributed by atoms with Gasteiger partial charge in [0.1, 0.15) is 10.6 Å². The van der Waals surface area contributed by atoms with Gasteiger partial charge in [-0.1, -0.05) is 0 Å². The van der Waals surface area contributed by atoms with Gasteiger partial charge in [-0.05, 0) is 13.8 Å². The third-order valence-corrected chi connectivity index (χ3v) is 5.29. The first-order valence-electron chi connectivity index (χ1n) is 6.11. The molecule has 0 spiro atoms. The molecular formula is C12H16N4O4S. The molecule has 2 aromatic rings. The molecule has 0 radical (unpaired) electrons. The summed E-state index contributed by atoms with van der Waals surface area (Å²) in [5, 5.41) is 15.4. The third kappa shape index (κ3) is 2.69. The van der Waals surface area contributed by atoms with Crippen LogP contribution in [-0.4, -0.2) is 46.0 Å². The SMILES string of the molecule is Cc1[nH]c(C(=O)O)c(C)c1S(=O)(=O)N(C)Cc1cn[nH]c1. The lowest BCUT2D eigenvalue weighted by Gasteiger charge is -2.17. The second kappa shape index (κ2) is 5.34. The highest BCUT2D eigenvalue weighted by Gasteiger charge is 2.29. The normalized spacial score (nSPS) is 12.0. The lowest BCUT2D eigenvalue weighted by Crippen LogP contribution is -2.27. The highest BCUT2D eigenvalue weighted by atomic mass is 32.2. The summed E-state index contributed by atoms with van der Waals surface area (Å²) < 4.78 is 26.4. The van der Waals surface area contributed by atoms with Crippen molar-refractivity contribution >= 4 is 16.0 Å². The maximum Gasteiger partial charge on any atom is 0.352 e. The smallest absolute Gasteiger partial charge is 0.352 e. The average Bonchev–Trinajstić information content (AvgIpc) is 2.97. The summed E-state index contributed by atoms with van der Waals surface area (Å²) in [5.74, 6) is -1.19. The van der Waals surface area contributed by atoms with Gasteiger partial charge in [-0.3, -0.25) is 5.10 Å². The van der Waals surface area contributed by atoms with Crippen LogP contribution in [0.1, 0.15) is 27.3 Å². The van der Waals surface area contributed by atoms with Crippen molar-refractivity contribution in [3.63, 3.8) is 0 Å². The maximum absolute atomic E-state index is 12.6. The number of carboxylic acids is 1. The molecule has 0 fully saturated rings. The molecule has 0 saturated carbocycles. The molecule has 21 heavy (non-hydrogen) atoms. The topological polar surface area (TPSA) is 119 Å². The molecule has 0 aliphatic carbocycles. The summed E-state index contributed by atoms with van der Waals surface area (Å²) in [6.45, 7) is 3.16. The Labute approximate surface area is 121 Å². The molecule has 2 heterocycles. The van der Waals surface area contributed by atoms with Crippen LogP contribution in [0.4, 0.5) is 0 Å². The van der Waals surface area contributed by atoms with Crippen molar-refractivity contribution in [2.24, 2.45) is 0 Å². The Morgan fingerprint density at radius 3 is 2.57 bits per heavy atom. The summed E-state index contributed by atoms with van der Waals surface area (Å²) in [4.78, 5) is 13.7. The van der Waals surface area contributed by atoms with Crippen molar-refractivity contribution in [2.75, 3.05) is 7.05 Å². The van der Waals surface area contributed by atoms with E-state index in [0.29, 0.717) is 11.3 Å². The van der Waals surface area contributed by atoms with E-state index in [2.05, 4.69) is 15.2 Å². The van der Waals surface area contributed by atoms with Crippen molar-refractivity contribution in [2.45, 2.75) is 25.3 Å². The molecule has 0 saturated heterocycles. The number of H-pyrrole nitrogens is 2. The van der Waals surface area contributed by atoms with Crippen LogP contribution >= 0.6 is 0 Å². The zero-order chi connectivity index (χ0) is 15.8. The van der Waals surface area contributed by atoms with Gasteiger partial charge < -0.3 is 10.1 Å². The maximum atomic E-state index is 12.6. The summed E-state index contributed by atoms with van der Waals surface area (Å²) in [7, 11) is -2.35. The molecule has 0 aliphatic rings. The van der Waals surface area contributed by atoms with Crippen LogP contribution in [0.25, 0.3) is 0 Å². The first-order valence-corrected chi connectivity index (χ1v) is 7.55. The van der Waals surface area contributed by atoms with E-state index in [1.54, 1.807) is 6.20 Å². The summed E-state index contributed by atoms with van der Waals surface area (Å²) in [5.41, 5.74) is 1.12. The summed E-state index contributed by atoms with van der Waals surface area (Å²) in [6.07, 6.45) is 3.14. The molecular weight excluding hydrogens is 296 g/mol. The Hall–Kier alpha value is -2.13. The number of aryl methyl sites for hydroxylation is 1. The Morgan fingerprint density at radius 1 is 1.43 bits per heavy atom.